The van der Waals surface area contributed by atoms with Crippen LogP contribution in [0.2, 0.25) is 0 Å². The fraction of sp³-hybridized carbons (Fsp3) is 1.00. The van der Waals surface area contributed by atoms with Crippen LogP contribution in [0.4, 0.5) is 0 Å². The minimum Gasteiger partial charge on any atom is -0.316 e. The zero-order valence-corrected chi connectivity index (χ0v) is 6.77. The lowest BCUT2D eigenvalue weighted by Crippen LogP contribution is -2.35. The quantitative estimate of drug-likeness (QED) is 0.538. The number of fused-ring (bicyclic) bond motifs is 1. The first-order chi connectivity index (χ1) is 4.88. The van der Waals surface area contributed by atoms with E-state index in [1.54, 1.807) is 0 Å². The van der Waals surface area contributed by atoms with Gasteiger partial charge in [0.25, 0.3) is 0 Å². The molecule has 0 amide bonds. The van der Waals surface area contributed by atoms with Gasteiger partial charge in [0, 0.05) is 0 Å². The number of nitrogens with one attached hydrogen (secondary N) is 1. The molecule has 1 heterocycles. The summed E-state index contributed by atoms with van der Waals surface area (Å²) in [5, 5.41) is 3.49. The molecular formula is C9H17N. The third-order valence-corrected chi connectivity index (χ3v) is 3.40. The molecule has 1 heteroatoms. The van der Waals surface area contributed by atoms with Crippen LogP contribution in [0.5, 0.6) is 0 Å². The van der Waals surface area contributed by atoms with E-state index >= 15 is 0 Å². The molecule has 1 saturated heterocycles. The predicted octanol–water partition coefficient (Wildman–Crippen LogP) is 1.64. The smallest absolute Gasteiger partial charge is 0.00153 e. The Morgan fingerprint density at radius 3 is 2.90 bits per heavy atom. The Hall–Kier alpha value is -0.0400. The molecule has 0 spiro atoms. The fourth-order valence-electron chi connectivity index (χ4n) is 2.65. The van der Waals surface area contributed by atoms with Crippen LogP contribution >= 0.6 is 0 Å². The van der Waals surface area contributed by atoms with Gasteiger partial charge in [0.05, 0.1) is 0 Å². The Labute approximate surface area is 63.2 Å². The van der Waals surface area contributed by atoms with E-state index in [2.05, 4.69) is 12.2 Å². The van der Waals surface area contributed by atoms with E-state index < -0.39 is 0 Å². The number of piperidine rings is 1. The molecule has 0 aromatic carbocycles. The summed E-state index contributed by atoms with van der Waals surface area (Å²) in [6, 6.07) is 0. The normalized spacial score (nSPS) is 47.1. The number of hydrogen-bond donors (Lipinski definition) is 1. The summed E-state index contributed by atoms with van der Waals surface area (Å²) in [4.78, 5) is 0. The SMILES string of the molecule is C[C@@H]1CCC2CCNCC21. The van der Waals surface area contributed by atoms with Crippen LogP contribution in [0, 0.1) is 17.8 Å². The zero-order chi connectivity index (χ0) is 6.97. The van der Waals surface area contributed by atoms with Crippen molar-refractivity contribution in [1.82, 2.24) is 5.32 Å². The highest BCUT2D eigenvalue weighted by atomic mass is 14.9. The Kier molecular flexibility index (Phi) is 1.69. The lowest BCUT2D eigenvalue weighted by atomic mass is 9.86. The van der Waals surface area contributed by atoms with Crippen LogP contribution in [0.1, 0.15) is 26.2 Å². The van der Waals surface area contributed by atoms with Crippen molar-refractivity contribution in [1.29, 1.82) is 0 Å². The van der Waals surface area contributed by atoms with Crippen LogP contribution in [0.3, 0.4) is 0 Å². The molecular weight excluding hydrogens is 122 g/mol. The van der Waals surface area contributed by atoms with Crippen LogP contribution in [0.15, 0.2) is 0 Å². The molecule has 1 aliphatic heterocycles. The van der Waals surface area contributed by atoms with E-state index in [0.29, 0.717) is 0 Å². The minimum atomic E-state index is 0.998. The summed E-state index contributed by atoms with van der Waals surface area (Å²) >= 11 is 0. The van der Waals surface area contributed by atoms with Gasteiger partial charge < -0.3 is 5.32 Å². The predicted molar refractivity (Wildman–Crippen MR) is 42.9 cm³/mol. The molecule has 2 aliphatic rings. The van der Waals surface area contributed by atoms with E-state index in [-0.39, 0.29) is 0 Å². The van der Waals surface area contributed by atoms with Crippen LogP contribution in [-0.4, -0.2) is 13.1 Å². The van der Waals surface area contributed by atoms with Crippen molar-refractivity contribution in [2.24, 2.45) is 17.8 Å². The monoisotopic (exact) mass is 139 g/mol. The summed E-state index contributed by atoms with van der Waals surface area (Å²) in [6.07, 6.45) is 4.43. The summed E-state index contributed by atoms with van der Waals surface area (Å²) in [7, 11) is 0. The highest BCUT2D eigenvalue weighted by Crippen LogP contribution is 2.39. The lowest BCUT2D eigenvalue weighted by Gasteiger charge is -2.28. The van der Waals surface area contributed by atoms with Gasteiger partial charge in [0.1, 0.15) is 0 Å². The standard InChI is InChI=1S/C9H17N/c1-7-2-3-8-4-5-10-6-9(7)8/h7-10H,2-6H2,1H3/t7-,8?,9?/m1/s1. The Morgan fingerprint density at radius 1 is 1.20 bits per heavy atom. The summed E-state index contributed by atoms with van der Waals surface area (Å²) < 4.78 is 0. The highest BCUT2D eigenvalue weighted by molar-refractivity contribution is 4.87. The first-order valence-corrected chi connectivity index (χ1v) is 4.58. The van der Waals surface area contributed by atoms with Gasteiger partial charge in [-0.2, -0.15) is 0 Å². The molecule has 1 saturated carbocycles. The molecule has 0 aromatic rings. The van der Waals surface area contributed by atoms with Crippen molar-refractivity contribution in [2.45, 2.75) is 26.2 Å². The average molecular weight is 139 g/mol. The van der Waals surface area contributed by atoms with Gasteiger partial charge in [-0.1, -0.05) is 13.3 Å². The number of rotatable bonds is 0. The molecule has 2 fully saturated rings. The van der Waals surface area contributed by atoms with Gasteiger partial charge in [0.2, 0.25) is 0 Å². The van der Waals surface area contributed by atoms with E-state index in [9.17, 15) is 0 Å². The third kappa shape index (κ3) is 0.968. The second-order valence-corrected chi connectivity index (χ2v) is 3.97. The zero-order valence-electron chi connectivity index (χ0n) is 6.77. The number of hydrogen-bond acceptors (Lipinski definition) is 1. The van der Waals surface area contributed by atoms with Gasteiger partial charge in [-0.15, -0.1) is 0 Å². The lowest BCUT2D eigenvalue weighted by molar-refractivity contribution is 0.255. The van der Waals surface area contributed by atoms with Crippen LogP contribution in [-0.2, 0) is 0 Å². The van der Waals surface area contributed by atoms with Gasteiger partial charge in [-0.3, -0.25) is 0 Å². The van der Waals surface area contributed by atoms with Gasteiger partial charge in [-0.05, 0) is 43.7 Å². The van der Waals surface area contributed by atoms with Crippen LogP contribution in [0.25, 0.3) is 0 Å². The molecule has 58 valence electrons. The maximum absolute atomic E-state index is 3.49. The van der Waals surface area contributed by atoms with E-state index in [1.807, 2.05) is 0 Å². The molecule has 1 nitrogen and oxygen atoms in total. The Bertz CT molecular complexity index is 120. The second-order valence-electron chi connectivity index (χ2n) is 3.97. The molecule has 0 radical (unpaired) electrons. The van der Waals surface area contributed by atoms with Gasteiger partial charge in [0.15, 0.2) is 0 Å². The van der Waals surface area contributed by atoms with Gasteiger partial charge in [-0.25, -0.2) is 0 Å². The van der Waals surface area contributed by atoms with Crippen molar-refractivity contribution in [2.75, 3.05) is 13.1 Å². The molecule has 10 heavy (non-hydrogen) atoms. The molecule has 2 rings (SSSR count). The molecule has 3 atom stereocenters. The molecule has 0 aromatic heterocycles. The summed E-state index contributed by atoms with van der Waals surface area (Å²) in [5.41, 5.74) is 0. The topological polar surface area (TPSA) is 12.0 Å². The largest absolute Gasteiger partial charge is 0.316 e. The molecule has 1 aliphatic carbocycles. The first-order valence-electron chi connectivity index (χ1n) is 4.58. The van der Waals surface area contributed by atoms with E-state index in [4.69, 9.17) is 0 Å². The fourth-order valence-corrected chi connectivity index (χ4v) is 2.65. The van der Waals surface area contributed by atoms with Crippen molar-refractivity contribution >= 4 is 0 Å². The third-order valence-electron chi connectivity index (χ3n) is 3.40. The second kappa shape index (κ2) is 2.54. The highest BCUT2D eigenvalue weighted by Gasteiger charge is 2.34. The van der Waals surface area contributed by atoms with E-state index in [1.165, 1.54) is 32.4 Å². The Balaban J connectivity index is 2.01. The van der Waals surface area contributed by atoms with Crippen molar-refractivity contribution < 1.29 is 0 Å². The first kappa shape index (κ1) is 6.66. The summed E-state index contributed by atoms with van der Waals surface area (Å²) in [6.45, 7) is 4.98. The van der Waals surface area contributed by atoms with Crippen molar-refractivity contribution in [3.05, 3.63) is 0 Å². The van der Waals surface area contributed by atoms with Gasteiger partial charge >= 0.3 is 0 Å². The van der Waals surface area contributed by atoms with Crippen molar-refractivity contribution in [3.8, 4) is 0 Å². The molecule has 0 bridgehead atoms. The van der Waals surface area contributed by atoms with Crippen LogP contribution < -0.4 is 5.32 Å². The Morgan fingerprint density at radius 2 is 2.10 bits per heavy atom. The maximum Gasteiger partial charge on any atom is -0.00153 e. The molecule has 2 unspecified atom stereocenters. The van der Waals surface area contributed by atoms with E-state index in [0.717, 1.165) is 17.8 Å². The maximum atomic E-state index is 3.49. The van der Waals surface area contributed by atoms with Crippen molar-refractivity contribution in [3.63, 3.8) is 0 Å². The minimum absolute atomic E-state index is 0.998. The average Bonchev–Trinajstić information content (AvgIpc) is 2.34. The summed E-state index contributed by atoms with van der Waals surface area (Å²) in [5.74, 6) is 3.10. The molecule has 1 N–H and O–H groups in total.